The molecule has 3 unspecified atom stereocenters. The van der Waals surface area contributed by atoms with Gasteiger partial charge in [-0.2, -0.15) is 0 Å². The molecule has 10 atom stereocenters. The van der Waals surface area contributed by atoms with Crippen molar-refractivity contribution >= 4 is 11.9 Å². The number of hydrogen-bond acceptors (Lipinski definition) is 10. The Morgan fingerprint density at radius 1 is 1.09 bits per heavy atom. The van der Waals surface area contributed by atoms with Crippen molar-refractivity contribution in [2.75, 3.05) is 6.61 Å². The molecule has 10 heteroatoms. The van der Waals surface area contributed by atoms with Crippen LogP contribution in [-0.4, -0.2) is 91.9 Å². The minimum atomic E-state index is -1.68. The molecule has 192 valence electrons. The second-order valence-corrected chi connectivity index (χ2v) is 11.2. The van der Waals surface area contributed by atoms with E-state index < -0.39 is 76.5 Å². The predicted molar refractivity (Wildman–Crippen MR) is 116 cm³/mol. The molecule has 4 rings (SSSR count). The first-order valence-electron chi connectivity index (χ1n) is 11.7. The molecular formula is C24H36O10. The fraction of sp³-hybridized carbons (Fsp3) is 0.833. The van der Waals surface area contributed by atoms with E-state index in [4.69, 9.17) is 14.2 Å². The van der Waals surface area contributed by atoms with Crippen LogP contribution >= 0.6 is 0 Å². The van der Waals surface area contributed by atoms with E-state index in [-0.39, 0.29) is 25.0 Å². The van der Waals surface area contributed by atoms with E-state index in [0.29, 0.717) is 5.57 Å². The summed E-state index contributed by atoms with van der Waals surface area (Å²) in [6.07, 6.45) is -7.59. The summed E-state index contributed by atoms with van der Waals surface area (Å²) in [5.74, 6) is -2.46. The van der Waals surface area contributed by atoms with Crippen molar-refractivity contribution < 1.29 is 49.3 Å². The third-order valence-corrected chi connectivity index (χ3v) is 9.08. The van der Waals surface area contributed by atoms with Gasteiger partial charge in [-0.25, -0.2) is 0 Å². The van der Waals surface area contributed by atoms with E-state index in [1.807, 2.05) is 0 Å². The van der Waals surface area contributed by atoms with Gasteiger partial charge in [0.05, 0.1) is 35.9 Å². The molecule has 0 aromatic carbocycles. The van der Waals surface area contributed by atoms with Crippen molar-refractivity contribution in [1.82, 2.24) is 0 Å². The number of carbonyl (C=O) groups is 2. The Morgan fingerprint density at radius 2 is 1.71 bits per heavy atom. The fourth-order valence-electron chi connectivity index (χ4n) is 7.40. The zero-order valence-corrected chi connectivity index (χ0v) is 20.4. The number of hydrogen-bond donors (Lipinski definition) is 5. The highest BCUT2D eigenvalue weighted by Crippen LogP contribution is 2.67. The molecule has 3 aliphatic carbocycles. The van der Waals surface area contributed by atoms with Crippen LogP contribution in [0.2, 0.25) is 0 Å². The van der Waals surface area contributed by atoms with Gasteiger partial charge < -0.3 is 39.7 Å². The van der Waals surface area contributed by atoms with Crippen LogP contribution in [0.4, 0.5) is 0 Å². The Balaban J connectivity index is 2.06. The summed E-state index contributed by atoms with van der Waals surface area (Å²) in [5, 5.41) is 57.8. The number of fused-ring (bicyclic) bond motifs is 4. The molecule has 1 aliphatic heterocycles. The molecular weight excluding hydrogens is 448 g/mol. The summed E-state index contributed by atoms with van der Waals surface area (Å²) in [5.41, 5.74) is -5.60. The summed E-state index contributed by atoms with van der Waals surface area (Å²) in [4.78, 5) is 24.4. The van der Waals surface area contributed by atoms with Crippen LogP contribution in [0.3, 0.4) is 0 Å². The number of aliphatic hydroxyl groups is 5. The van der Waals surface area contributed by atoms with Crippen LogP contribution < -0.4 is 0 Å². The smallest absolute Gasteiger partial charge is 0.303 e. The summed E-state index contributed by atoms with van der Waals surface area (Å²) in [6.45, 7) is 8.46. The van der Waals surface area contributed by atoms with Crippen LogP contribution in [0.25, 0.3) is 0 Å². The third-order valence-electron chi connectivity index (χ3n) is 9.08. The Labute approximate surface area is 198 Å². The largest absolute Gasteiger partial charge is 0.455 e. The van der Waals surface area contributed by atoms with E-state index in [0.717, 1.165) is 0 Å². The van der Waals surface area contributed by atoms with Gasteiger partial charge in [-0.3, -0.25) is 9.59 Å². The lowest BCUT2D eigenvalue weighted by Gasteiger charge is -2.65. The summed E-state index contributed by atoms with van der Waals surface area (Å²) in [6, 6.07) is 0. The first-order valence-corrected chi connectivity index (χ1v) is 11.7. The van der Waals surface area contributed by atoms with Crippen molar-refractivity contribution in [3.63, 3.8) is 0 Å². The van der Waals surface area contributed by atoms with E-state index in [2.05, 4.69) is 0 Å². The molecule has 0 amide bonds. The Bertz CT molecular complexity index is 923. The number of ether oxygens (including phenoxy) is 3. The fourth-order valence-corrected chi connectivity index (χ4v) is 7.40. The zero-order chi connectivity index (χ0) is 25.6. The Morgan fingerprint density at radius 3 is 2.18 bits per heavy atom. The van der Waals surface area contributed by atoms with E-state index in [1.54, 1.807) is 13.8 Å². The summed E-state index contributed by atoms with van der Waals surface area (Å²) in [7, 11) is 0. The third kappa shape index (κ3) is 3.02. The number of esters is 2. The molecule has 4 aliphatic rings. The molecule has 0 aromatic heterocycles. The number of rotatable bonds is 3. The first-order chi connectivity index (χ1) is 15.6. The van der Waals surface area contributed by atoms with Crippen molar-refractivity contribution in [1.29, 1.82) is 0 Å². The molecule has 1 saturated heterocycles. The van der Waals surface area contributed by atoms with Crippen LogP contribution in [0.1, 0.15) is 54.4 Å². The second-order valence-electron chi connectivity index (χ2n) is 11.2. The standard InChI is InChI=1S/C24H36O10/c1-10-13(27)8-23(21(4,5)31)16(10)17(33-11(2)25)19(29)22(6)14(28)7-15-24(9-32-15,34-12(3)26)18(22)20(23)30/h13-15,17-20,27-31H,7-9H2,1-6H3/t13-,14?,15+,17-,18-,19-,20-,22?,23?,24-/m0/s1. The molecule has 1 heterocycles. The maximum absolute atomic E-state index is 12.2. The van der Waals surface area contributed by atoms with Crippen molar-refractivity contribution in [3.05, 3.63) is 11.1 Å². The maximum Gasteiger partial charge on any atom is 0.303 e. The van der Waals surface area contributed by atoms with Gasteiger partial charge in [-0.05, 0) is 38.3 Å². The highest BCUT2D eigenvalue weighted by atomic mass is 16.6. The Hall–Kier alpha value is -1.56. The minimum absolute atomic E-state index is 0.0209. The normalized spacial score (nSPS) is 48.1. The average molecular weight is 485 g/mol. The SMILES string of the molecule is CC(=O)O[C@H]1C2=C(C)[C@@H](O)CC2(C(C)(C)O)[C@@H](O)[C@H]2C(C)(C(O)C[C@H]3OC[C@]32OC(C)=O)[C@H]1O. The van der Waals surface area contributed by atoms with Gasteiger partial charge in [0.2, 0.25) is 0 Å². The highest BCUT2D eigenvalue weighted by molar-refractivity contribution is 5.68. The summed E-state index contributed by atoms with van der Waals surface area (Å²) < 4.78 is 17.1. The molecule has 0 radical (unpaired) electrons. The van der Waals surface area contributed by atoms with E-state index in [9.17, 15) is 35.1 Å². The van der Waals surface area contributed by atoms with Gasteiger partial charge in [0.15, 0.2) is 11.7 Å². The predicted octanol–water partition coefficient (Wildman–Crippen LogP) is -0.420. The lowest BCUT2D eigenvalue weighted by Crippen LogP contribution is -2.78. The monoisotopic (exact) mass is 484 g/mol. The van der Waals surface area contributed by atoms with Gasteiger partial charge in [0.25, 0.3) is 0 Å². The number of aliphatic hydroxyl groups excluding tert-OH is 4. The highest BCUT2D eigenvalue weighted by Gasteiger charge is 2.78. The molecule has 2 saturated carbocycles. The van der Waals surface area contributed by atoms with Crippen LogP contribution in [0, 0.1) is 16.7 Å². The van der Waals surface area contributed by atoms with Crippen LogP contribution in [-0.2, 0) is 23.8 Å². The van der Waals surface area contributed by atoms with Crippen LogP contribution in [0.15, 0.2) is 11.1 Å². The molecule has 34 heavy (non-hydrogen) atoms. The van der Waals surface area contributed by atoms with Gasteiger partial charge >= 0.3 is 11.9 Å². The lowest BCUT2D eigenvalue weighted by molar-refractivity contribution is -0.351. The molecule has 3 fully saturated rings. The van der Waals surface area contributed by atoms with Gasteiger partial charge in [-0.15, -0.1) is 0 Å². The molecule has 0 bridgehead atoms. The Kier molecular flexibility index (Phi) is 5.79. The average Bonchev–Trinajstić information content (AvgIpc) is 2.95. The number of carbonyl (C=O) groups excluding carboxylic acids is 2. The van der Waals surface area contributed by atoms with Crippen molar-refractivity contribution in [2.45, 2.75) is 102 Å². The van der Waals surface area contributed by atoms with Crippen molar-refractivity contribution in [2.24, 2.45) is 16.7 Å². The van der Waals surface area contributed by atoms with Gasteiger partial charge in [0, 0.05) is 31.6 Å². The molecule has 10 nitrogen and oxygen atoms in total. The van der Waals surface area contributed by atoms with Crippen LogP contribution in [0.5, 0.6) is 0 Å². The van der Waals surface area contributed by atoms with Crippen molar-refractivity contribution in [3.8, 4) is 0 Å². The topological polar surface area (TPSA) is 163 Å². The molecule has 0 spiro atoms. The van der Waals surface area contributed by atoms with E-state index in [1.165, 1.54) is 27.7 Å². The molecule has 5 N–H and O–H groups in total. The van der Waals surface area contributed by atoms with Gasteiger partial charge in [-0.1, -0.05) is 6.92 Å². The second kappa shape index (κ2) is 7.72. The maximum atomic E-state index is 12.2. The quantitative estimate of drug-likeness (QED) is 0.263. The lowest BCUT2D eigenvalue weighted by atomic mass is 9.50. The minimum Gasteiger partial charge on any atom is -0.455 e. The molecule has 0 aromatic rings. The summed E-state index contributed by atoms with van der Waals surface area (Å²) >= 11 is 0. The zero-order valence-electron chi connectivity index (χ0n) is 20.4. The van der Waals surface area contributed by atoms with E-state index >= 15 is 0 Å². The first kappa shape index (κ1) is 25.5. The van der Waals surface area contributed by atoms with Gasteiger partial charge in [0.1, 0.15) is 12.2 Å².